The van der Waals surface area contributed by atoms with Crippen LogP contribution < -0.4 is 0 Å². The van der Waals surface area contributed by atoms with Crippen molar-refractivity contribution < 1.29 is 31.9 Å². The zero-order chi connectivity index (χ0) is 13.4. The molecule has 17 heavy (non-hydrogen) atoms. The molecule has 3 nitrogen and oxygen atoms in total. The van der Waals surface area contributed by atoms with E-state index in [9.17, 15) is 26.7 Å². The molecule has 0 aliphatic heterocycles. The van der Waals surface area contributed by atoms with Crippen molar-refractivity contribution in [1.29, 1.82) is 0 Å². The van der Waals surface area contributed by atoms with Crippen LogP contribution in [0.2, 0.25) is 5.02 Å². The molecule has 0 radical (unpaired) electrons. The maximum Gasteiger partial charge on any atom is 0.434 e. The molecule has 0 aliphatic rings. The zero-order valence-corrected chi connectivity index (χ0v) is 8.48. The lowest BCUT2D eigenvalue weighted by Gasteiger charge is -2.12. The summed E-state index contributed by atoms with van der Waals surface area (Å²) >= 11 is 5.23. The standard InChI is InChI=1S/C8H3ClF5NO2/c9-2-1-3(6(10)11)15-5(8(12,13)14)4(2)7(16)17/h1,6H,(H,16,17). The Labute approximate surface area is 95.8 Å². The van der Waals surface area contributed by atoms with Crippen LogP contribution in [0, 0.1) is 0 Å². The Kier molecular flexibility index (Phi) is 3.56. The van der Waals surface area contributed by atoms with Crippen LogP contribution in [0.25, 0.3) is 0 Å². The monoisotopic (exact) mass is 275 g/mol. The van der Waals surface area contributed by atoms with Crippen molar-refractivity contribution in [2.24, 2.45) is 0 Å². The summed E-state index contributed by atoms with van der Waals surface area (Å²) in [5, 5.41) is 7.59. The number of carboxylic acid groups (broad SMARTS) is 1. The molecule has 0 saturated carbocycles. The molecule has 1 aromatic rings. The van der Waals surface area contributed by atoms with E-state index in [1.807, 2.05) is 0 Å². The zero-order valence-electron chi connectivity index (χ0n) is 7.73. The predicted octanol–water partition coefficient (Wildman–Crippen LogP) is 3.39. The van der Waals surface area contributed by atoms with E-state index in [0.29, 0.717) is 6.07 Å². The van der Waals surface area contributed by atoms with Crippen LogP contribution in [-0.4, -0.2) is 16.1 Å². The summed E-state index contributed by atoms with van der Waals surface area (Å²) in [4.78, 5) is 13.1. The minimum atomic E-state index is -5.18. The Bertz CT molecular complexity index is 460. The molecule has 9 heteroatoms. The highest BCUT2D eigenvalue weighted by Crippen LogP contribution is 2.35. The molecule has 1 rings (SSSR count). The van der Waals surface area contributed by atoms with Crippen LogP contribution in [0.15, 0.2) is 6.07 Å². The third-order valence-electron chi connectivity index (χ3n) is 1.70. The average Bonchev–Trinajstić information content (AvgIpc) is 2.14. The molecule has 0 amide bonds. The van der Waals surface area contributed by atoms with E-state index in [0.717, 1.165) is 0 Å². The first-order valence-electron chi connectivity index (χ1n) is 3.93. The third kappa shape index (κ3) is 2.82. The molecular weight excluding hydrogens is 273 g/mol. The first-order chi connectivity index (χ1) is 7.64. The number of halogens is 6. The number of alkyl halides is 5. The summed E-state index contributed by atoms with van der Waals surface area (Å²) < 4.78 is 61.6. The van der Waals surface area contributed by atoms with E-state index in [4.69, 9.17) is 16.7 Å². The number of carbonyl (C=O) groups is 1. The van der Waals surface area contributed by atoms with Crippen molar-refractivity contribution in [3.8, 4) is 0 Å². The lowest BCUT2D eigenvalue weighted by atomic mass is 10.1. The van der Waals surface area contributed by atoms with Gasteiger partial charge in [0.25, 0.3) is 6.43 Å². The Hall–Kier alpha value is -1.44. The van der Waals surface area contributed by atoms with Gasteiger partial charge in [0, 0.05) is 0 Å². The number of hydrogen-bond acceptors (Lipinski definition) is 2. The molecule has 0 spiro atoms. The van der Waals surface area contributed by atoms with Crippen LogP contribution in [0.5, 0.6) is 0 Å². The minimum absolute atomic E-state index is 0.394. The number of carboxylic acids is 1. The first kappa shape index (κ1) is 13.6. The fourth-order valence-electron chi connectivity index (χ4n) is 1.05. The number of nitrogens with zero attached hydrogens (tertiary/aromatic N) is 1. The minimum Gasteiger partial charge on any atom is -0.478 e. The average molecular weight is 276 g/mol. The highest BCUT2D eigenvalue weighted by Gasteiger charge is 2.39. The molecule has 1 heterocycles. The molecule has 0 aromatic carbocycles. The molecule has 0 fully saturated rings. The Morgan fingerprint density at radius 3 is 2.29 bits per heavy atom. The molecular formula is C8H3ClF5NO2. The van der Waals surface area contributed by atoms with E-state index in [2.05, 4.69) is 4.98 Å². The maximum atomic E-state index is 12.4. The number of rotatable bonds is 2. The van der Waals surface area contributed by atoms with Gasteiger partial charge in [-0.3, -0.25) is 0 Å². The Morgan fingerprint density at radius 2 is 1.94 bits per heavy atom. The summed E-state index contributed by atoms with van der Waals surface area (Å²) in [5.41, 5.74) is -4.51. The smallest absolute Gasteiger partial charge is 0.434 e. The molecule has 1 aromatic heterocycles. The summed E-state index contributed by atoms with van der Waals surface area (Å²) in [6, 6.07) is 0.394. The highest BCUT2D eigenvalue weighted by atomic mass is 35.5. The first-order valence-corrected chi connectivity index (χ1v) is 4.31. The summed E-state index contributed by atoms with van der Waals surface area (Å²) in [6.45, 7) is 0. The Balaban J connectivity index is 3.57. The topological polar surface area (TPSA) is 50.2 Å². The van der Waals surface area contributed by atoms with Gasteiger partial charge in [-0.15, -0.1) is 0 Å². The number of aromatic carboxylic acids is 1. The fourth-order valence-corrected chi connectivity index (χ4v) is 1.33. The summed E-state index contributed by atoms with van der Waals surface area (Å²) in [7, 11) is 0. The van der Waals surface area contributed by atoms with Gasteiger partial charge < -0.3 is 5.11 Å². The van der Waals surface area contributed by atoms with Crippen LogP contribution in [0.3, 0.4) is 0 Å². The van der Waals surface area contributed by atoms with Gasteiger partial charge in [0.1, 0.15) is 11.3 Å². The van der Waals surface area contributed by atoms with Gasteiger partial charge in [-0.05, 0) is 6.07 Å². The largest absolute Gasteiger partial charge is 0.478 e. The Morgan fingerprint density at radius 1 is 1.41 bits per heavy atom. The van der Waals surface area contributed by atoms with E-state index in [1.165, 1.54) is 0 Å². The molecule has 0 saturated heterocycles. The van der Waals surface area contributed by atoms with Crippen LogP contribution in [0.1, 0.15) is 28.2 Å². The van der Waals surface area contributed by atoms with Gasteiger partial charge in [0.05, 0.1) is 5.02 Å². The number of hydrogen-bond donors (Lipinski definition) is 1. The molecule has 0 aliphatic carbocycles. The van der Waals surface area contributed by atoms with E-state index in [1.54, 1.807) is 0 Å². The van der Waals surface area contributed by atoms with Crippen molar-refractivity contribution in [3.63, 3.8) is 0 Å². The lowest BCUT2D eigenvalue weighted by molar-refractivity contribution is -0.142. The predicted molar refractivity (Wildman–Crippen MR) is 46.2 cm³/mol. The molecule has 0 unspecified atom stereocenters. The summed E-state index contributed by atoms with van der Waals surface area (Å²) in [6.07, 6.45) is -8.46. The second-order valence-electron chi connectivity index (χ2n) is 2.86. The maximum absolute atomic E-state index is 12.4. The molecule has 1 N–H and O–H groups in total. The van der Waals surface area contributed by atoms with Crippen molar-refractivity contribution in [2.75, 3.05) is 0 Å². The number of pyridine rings is 1. The van der Waals surface area contributed by atoms with E-state index in [-0.39, 0.29) is 0 Å². The van der Waals surface area contributed by atoms with Crippen LogP contribution in [-0.2, 0) is 6.18 Å². The highest BCUT2D eigenvalue weighted by molar-refractivity contribution is 6.33. The van der Waals surface area contributed by atoms with Gasteiger partial charge >= 0.3 is 12.1 Å². The molecule has 94 valence electrons. The van der Waals surface area contributed by atoms with Crippen molar-refractivity contribution in [3.05, 3.63) is 28.0 Å². The normalized spacial score (nSPS) is 11.9. The molecule has 0 atom stereocenters. The quantitative estimate of drug-likeness (QED) is 0.842. The lowest BCUT2D eigenvalue weighted by Crippen LogP contribution is -2.17. The van der Waals surface area contributed by atoms with Gasteiger partial charge in [-0.25, -0.2) is 18.6 Å². The van der Waals surface area contributed by atoms with Crippen molar-refractivity contribution >= 4 is 17.6 Å². The van der Waals surface area contributed by atoms with E-state index < -0.39 is 40.5 Å². The SMILES string of the molecule is O=C(O)c1c(Cl)cc(C(F)F)nc1C(F)(F)F. The van der Waals surface area contributed by atoms with Crippen molar-refractivity contribution in [2.45, 2.75) is 12.6 Å². The van der Waals surface area contributed by atoms with Gasteiger partial charge in [-0.2, -0.15) is 13.2 Å². The van der Waals surface area contributed by atoms with Crippen LogP contribution in [0.4, 0.5) is 22.0 Å². The van der Waals surface area contributed by atoms with Gasteiger partial charge in [0.2, 0.25) is 0 Å². The number of aromatic nitrogens is 1. The third-order valence-corrected chi connectivity index (χ3v) is 2.00. The van der Waals surface area contributed by atoms with Crippen LogP contribution >= 0.6 is 11.6 Å². The van der Waals surface area contributed by atoms with Gasteiger partial charge in [0.15, 0.2) is 5.69 Å². The van der Waals surface area contributed by atoms with E-state index >= 15 is 0 Å². The fraction of sp³-hybridized carbons (Fsp3) is 0.250. The second-order valence-corrected chi connectivity index (χ2v) is 3.26. The summed E-state index contributed by atoms with van der Waals surface area (Å²) in [5.74, 6) is -1.99. The van der Waals surface area contributed by atoms with Crippen molar-refractivity contribution in [1.82, 2.24) is 4.98 Å². The molecule has 0 bridgehead atoms. The van der Waals surface area contributed by atoms with Gasteiger partial charge in [-0.1, -0.05) is 11.6 Å². The second kappa shape index (κ2) is 4.44.